The Kier molecular flexibility index (Phi) is 4.31. The van der Waals surface area contributed by atoms with E-state index >= 15 is 0 Å². The van der Waals surface area contributed by atoms with E-state index in [0.29, 0.717) is 19.0 Å². The Labute approximate surface area is 121 Å². The Morgan fingerprint density at radius 3 is 2.75 bits per heavy atom. The maximum absolute atomic E-state index is 12.5. The van der Waals surface area contributed by atoms with Gasteiger partial charge in [0.2, 0.25) is 0 Å². The van der Waals surface area contributed by atoms with Crippen LogP contribution < -0.4 is 5.32 Å². The van der Waals surface area contributed by atoms with Gasteiger partial charge in [0.05, 0.1) is 4.92 Å². The van der Waals surface area contributed by atoms with Crippen LogP contribution in [0.2, 0.25) is 0 Å². The molecule has 7 nitrogen and oxygen atoms in total. The number of hydrogen-bond donors (Lipinski definition) is 1. The topological polar surface area (TPSA) is 92.5 Å². The Morgan fingerprint density at radius 1 is 1.60 bits per heavy atom. The van der Waals surface area contributed by atoms with Crippen molar-refractivity contribution in [2.75, 3.05) is 25.5 Å². The van der Waals surface area contributed by atoms with Crippen LogP contribution in [0.4, 0.5) is 10.7 Å². The lowest BCUT2D eigenvalue weighted by molar-refractivity contribution is -0.383. The van der Waals surface area contributed by atoms with E-state index < -0.39 is 14.9 Å². The first-order valence-corrected chi connectivity index (χ1v) is 8.62. The third-order valence-electron chi connectivity index (χ3n) is 3.53. The molecule has 0 bridgehead atoms. The van der Waals surface area contributed by atoms with Gasteiger partial charge in [-0.05, 0) is 12.3 Å². The molecule has 0 amide bonds. The van der Waals surface area contributed by atoms with Gasteiger partial charge in [-0.25, -0.2) is 8.42 Å². The molecule has 0 spiro atoms. The van der Waals surface area contributed by atoms with Gasteiger partial charge in [-0.15, -0.1) is 0 Å². The Bertz CT molecular complexity index is 611. The standard InChI is InChI=1S/C11H17N3O4S2/c1-3-8-4-5-13(7-8)20(17,18)10-6-9(14(15)16)11(12-2)19-10/h6,8,12H,3-5,7H2,1-2H3. The molecular formula is C11H17N3O4S2. The van der Waals surface area contributed by atoms with Gasteiger partial charge in [0.15, 0.2) is 5.00 Å². The Balaban J connectivity index is 2.33. The highest BCUT2D eigenvalue weighted by Crippen LogP contribution is 2.39. The summed E-state index contributed by atoms with van der Waals surface area (Å²) in [5.41, 5.74) is -0.192. The van der Waals surface area contributed by atoms with Crippen molar-refractivity contribution in [1.82, 2.24) is 4.31 Å². The van der Waals surface area contributed by atoms with Crippen molar-refractivity contribution >= 4 is 32.0 Å². The molecule has 20 heavy (non-hydrogen) atoms. The number of nitro groups is 1. The molecule has 2 heterocycles. The Hall–Kier alpha value is -1.19. The molecule has 1 aliphatic rings. The molecule has 1 fully saturated rings. The minimum Gasteiger partial charge on any atom is -0.374 e. The van der Waals surface area contributed by atoms with Crippen LogP contribution in [0, 0.1) is 16.0 Å². The predicted molar refractivity (Wildman–Crippen MR) is 77.7 cm³/mol. The minimum atomic E-state index is -3.62. The zero-order valence-electron chi connectivity index (χ0n) is 11.3. The van der Waals surface area contributed by atoms with Gasteiger partial charge in [0.1, 0.15) is 4.21 Å². The summed E-state index contributed by atoms with van der Waals surface area (Å²) < 4.78 is 26.4. The maximum Gasteiger partial charge on any atom is 0.304 e. The quantitative estimate of drug-likeness (QED) is 0.663. The van der Waals surface area contributed by atoms with Crippen LogP contribution in [0.15, 0.2) is 10.3 Å². The predicted octanol–water partition coefficient (Wildman–Crippen LogP) is 2.12. The summed E-state index contributed by atoms with van der Waals surface area (Å²) in [7, 11) is -2.08. The number of anilines is 1. The van der Waals surface area contributed by atoms with Gasteiger partial charge in [0, 0.05) is 26.2 Å². The lowest BCUT2D eigenvalue weighted by atomic mass is 10.1. The van der Waals surface area contributed by atoms with E-state index in [1.165, 1.54) is 11.4 Å². The molecule has 0 aromatic carbocycles. The van der Waals surface area contributed by atoms with E-state index in [4.69, 9.17) is 0 Å². The fourth-order valence-electron chi connectivity index (χ4n) is 2.28. The fraction of sp³-hybridized carbons (Fsp3) is 0.636. The van der Waals surface area contributed by atoms with Crippen LogP contribution >= 0.6 is 11.3 Å². The summed E-state index contributed by atoms with van der Waals surface area (Å²) in [5, 5.41) is 13.8. The average Bonchev–Trinajstić information content (AvgIpc) is 3.05. The van der Waals surface area contributed by atoms with Gasteiger partial charge >= 0.3 is 5.69 Å². The number of sulfonamides is 1. The molecule has 1 unspecified atom stereocenters. The van der Waals surface area contributed by atoms with Crippen molar-refractivity contribution in [2.45, 2.75) is 24.0 Å². The number of nitrogens with one attached hydrogen (secondary N) is 1. The maximum atomic E-state index is 12.5. The summed E-state index contributed by atoms with van der Waals surface area (Å²) in [6.07, 6.45) is 1.79. The van der Waals surface area contributed by atoms with Crippen LogP contribution in [-0.4, -0.2) is 37.8 Å². The number of nitrogens with zero attached hydrogens (tertiary/aromatic N) is 2. The van der Waals surface area contributed by atoms with Crippen molar-refractivity contribution in [3.05, 3.63) is 16.2 Å². The highest BCUT2D eigenvalue weighted by molar-refractivity contribution is 7.91. The third kappa shape index (κ3) is 2.65. The second-order valence-electron chi connectivity index (χ2n) is 4.71. The van der Waals surface area contributed by atoms with E-state index in [0.717, 1.165) is 30.2 Å². The lowest BCUT2D eigenvalue weighted by Crippen LogP contribution is -2.28. The monoisotopic (exact) mass is 319 g/mol. The Morgan fingerprint density at radius 2 is 2.30 bits per heavy atom. The van der Waals surface area contributed by atoms with E-state index in [1.807, 2.05) is 6.92 Å². The van der Waals surface area contributed by atoms with E-state index in [9.17, 15) is 18.5 Å². The molecule has 1 N–H and O–H groups in total. The molecule has 1 atom stereocenters. The van der Waals surface area contributed by atoms with E-state index in [-0.39, 0.29) is 14.9 Å². The molecule has 1 aromatic rings. The zero-order chi connectivity index (χ0) is 14.9. The summed E-state index contributed by atoms with van der Waals surface area (Å²) in [6, 6.07) is 1.14. The van der Waals surface area contributed by atoms with Crippen LogP contribution in [0.25, 0.3) is 0 Å². The number of rotatable bonds is 5. The highest BCUT2D eigenvalue weighted by atomic mass is 32.2. The first kappa shape index (κ1) is 15.2. The molecule has 9 heteroatoms. The molecule has 2 rings (SSSR count). The van der Waals surface area contributed by atoms with Gasteiger partial charge in [-0.2, -0.15) is 4.31 Å². The van der Waals surface area contributed by atoms with E-state index in [1.54, 1.807) is 0 Å². The van der Waals surface area contributed by atoms with Gasteiger partial charge in [-0.3, -0.25) is 10.1 Å². The van der Waals surface area contributed by atoms with Crippen molar-refractivity contribution in [3.8, 4) is 0 Å². The number of thiophene rings is 1. The SMILES string of the molecule is CCC1CCN(S(=O)(=O)c2cc([N+](=O)[O-])c(NC)s2)C1. The summed E-state index contributed by atoms with van der Waals surface area (Å²) in [5.74, 6) is 0.378. The van der Waals surface area contributed by atoms with Crippen molar-refractivity contribution < 1.29 is 13.3 Å². The lowest BCUT2D eigenvalue weighted by Gasteiger charge is -2.14. The van der Waals surface area contributed by atoms with Crippen molar-refractivity contribution in [1.29, 1.82) is 0 Å². The second-order valence-corrected chi connectivity index (χ2v) is 7.93. The average molecular weight is 319 g/mol. The van der Waals surface area contributed by atoms with Crippen LogP contribution in [0.1, 0.15) is 19.8 Å². The molecule has 1 aliphatic heterocycles. The fourth-order valence-corrected chi connectivity index (χ4v) is 5.24. The molecule has 1 saturated heterocycles. The first-order valence-electron chi connectivity index (χ1n) is 6.36. The van der Waals surface area contributed by atoms with Gasteiger partial charge in [0.25, 0.3) is 10.0 Å². The molecule has 0 saturated carbocycles. The van der Waals surface area contributed by atoms with Crippen molar-refractivity contribution in [2.24, 2.45) is 5.92 Å². The second kappa shape index (κ2) is 5.66. The van der Waals surface area contributed by atoms with E-state index in [2.05, 4.69) is 5.32 Å². The number of hydrogen-bond acceptors (Lipinski definition) is 6. The van der Waals surface area contributed by atoms with Crippen LogP contribution in [0.3, 0.4) is 0 Å². The molecule has 0 aliphatic carbocycles. The highest BCUT2D eigenvalue weighted by Gasteiger charge is 2.35. The van der Waals surface area contributed by atoms with Crippen molar-refractivity contribution in [3.63, 3.8) is 0 Å². The molecule has 0 radical (unpaired) electrons. The van der Waals surface area contributed by atoms with Gasteiger partial charge < -0.3 is 5.32 Å². The smallest absolute Gasteiger partial charge is 0.304 e. The normalized spacial score (nSPS) is 20.2. The zero-order valence-corrected chi connectivity index (χ0v) is 13.0. The first-order chi connectivity index (χ1) is 9.40. The van der Waals surface area contributed by atoms with Crippen LogP contribution in [-0.2, 0) is 10.0 Å². The van der Waals surface area contributed by atoms with Crippen LogP contribution in [0.5, 0.6) is 0 Å². The molecule has 112 valence electrons. The largest absolute Gasteiger partial charge is 0.374 e. The minimum absolute atomic E-state index is 0.0327. The summed E-state index contributed by atoms with van der Waals surface area (Å²) >= 11 is 0.908. The summed E-state index contributed by atoms with van der Waals surface area (Å²) in [6.45, 7) is 3.02. The van der Waals surface area contributed by atoms with Gasteiger partial charge in [-0.1, -0.05) is 24.7 Å². The molecule has 1 aromatic heterocycles. The summed E-state index contributed by atoms with van der Waals surface area (Å²) in [4.78, 5) is 10.3. The molecular weight excluding hydrogens is 302 g/mol. The third-order valence-corrected chi connectivity index (χ3v) is 6.99.